The standard InChI is InChI=1S/C24H23N3O/c28-24(26-15-18-9-3-1-4-10-18)27-16-21(19-11-5-2-6-12-19)22-17-25-23-14-8-7-13-20(22)23/h1-14,17,21,25H,15-16H2,(H2,26,27,28). The van der Waals surface area contributed by atoms with Gasteiger partial charge in [0, 0.05) is 36.1 Å². The summed E-state index contributed by atoms with van der Waals surface area (Å²) >= 11 is 0. The van der Waals surface area contributed by atoms with Crippen LogP contribution in [0.15, 0.2) is 91.1 Å². The van der Waals surface area contributed by atoms with E-state index < -0.39 is 0 Å². The molecule has 0 aliphatic carbocycles. The molecule has 0 saturated carbocycles. The van der Waals surface area contributed by atoms with Crippen LogP contribution in [0.2, 0.25) is 0 Å². The van der Waals surface area contributed by atoms with Crippen molar-refractivity contribution in [3.63, 3.8) is 0 Å². The van der Waals surface area contributed by atoms with E-state index in [0.717, 1.165) is 11.1 Å². The number of hydrogen-bond donors (Lipinski definition) is 3. The maximum atomic E-state index is 12.4. The molecule has 4 nitrogen and oxygen atoms in total. The Kier molecular flexibility index (Phi) is 5.38. The predicted octanol–water partition coefficient (Wildman–Crippen LogP) is 4.80. The van der Waals surface area contributed by atoms with Gasteiger partial charge >= 0.3 is 6.03 Å². The normalized spacial score (nSPS) is 11.9. The van der Waals surface area contributed by atoms with E-state index in [0.29, 0.717) is 13.1 Å². The molecule has 3 aromatic carbocycles. The summed E-state index contributed by atoms with van der Waals surface area (Å²) in [4.78, 5) is 15.7. The number of nitrogens with one attached hydrogen (secondary N) is 3. The second kappa shape index (κ2) is 8.44. The van der Waals surface area contributed by atoms with E-state index in [2.05, 4.69) is 39.9 Å². The molecule has 0 radical (unpaired) electrons. The monoisotopic (exact) mass is 369 g/mol. The fourth-order valence-corrected chi connectivity index (χ4v) is 3.51. The van der Waals surface area contributed by atoms with E-state index >= 15 is 0 Å². The van der Waals surface area contributed by atoms with Crippen molar-refractivity contribution in [2.75, 3.05) is 6.54 Å². The third-order valence-corrected chi connectivity index (χ3v) is 4.96. The van der Waals surface area contributed by atoms with Gasteiger partial charge in [0.1, 0.15) is 0 Å². The fraction of sp³-hybridized carbons (Fsp3) is 0.125. The van der Waals surface area contributed by atoms with Gasteiger partial charge in [0.25, 0.3) is 0 Å². The zero-order chi connectivity index (χ0) is 19.2. The Morgan fingerprint density at radius 2 is 1.50 bits per heavy atom. The molecule has 0 aliphatic heterocycles. The molecule has 3 N–H and O–H groups in total. The molecule has 2 amide bonds. The van der Waals surface area contributed by atoms with Crippen LogP contribution >= 0.6 is 0 Å². The first kappa shape index (κ1) is 17.9. The average Bonchev–Trinajstić information content (AvgIpc) is 3.18. The molecule has 28 heavy (non-hydrogen) atoms. The van der Waals surface area contributed by atoms with Crippen LogP contribution in [0.4, 0.5) is 4.79 Å². The van der Waals surface area contributed by atoms with Crippen LogP contribution in [0.5, 0.6) is 0 Å². The van der Waals surface area contributed by atoms with Crippen LogP contribution in [0.3, 0.4) is 0 Å². The number of hydrogen-bond acceptors (Lipinski definition) is 1. The summed E-state index contributed by atoms with van der Waals surface area (Å²) in [6, 6.07) is 28.3. The summed E-state index contributed by atoms with van der Waals surface area (Å²) < 4.78 is 0. The van der Waals surface area contributed by atoms with E-state index in [1.54, 1.807) is 0 Å². The van der Waals surface area contributed by atoms with Gasteiger partial charge in [-0.3, -0.25) is 0 Å². The van der Waals surface area contributed by atoms with Crippen LogP contribution < -0.4 is 10.6 Å². The number of fused-ring (bicyclic) bond motifs is 1. The minimum Gasteiger partial charge on any atom is -0.361 e. The zero-order valence-electron chi connectivity index (χ0n) is 15.6. The zero-order valence-corrected chi connectivity index (χ0v) is 15.6. The molecule has 4 rings (SSSR count). The highest BCUT2D eigenvalue weighted by atomic mass is 16.2. The number of aromatic nitrogens is 1. The van der Waals surface area contributed by atoms with Gasteiger partial charge in [-0.25, -0.2) is 4.79 Å². The molecule has 0 aliphatic rings. The third-order valence-electron chi connectivity index (χ3n) is 4.96. The van der Waals surface area contributed by atoms with Crippen molar-refractivity contribution in [2.24, 2.45) is 0 Å². The first-order chi connectivity index (χ1) is 13.8. The van der Waals surface area contributed by atoms with E-state index in [4.69, 9.17) is 0 Å². The van der Waals surface area contributed by atoms with Crippen molar-refractivity contribution >= 4 is 16.9 Å². The van der Waals surface area contributed by atoms with Crippen LogP contribution in [-0.4, -0.2) is 17.6 Å². The number of para-hydroxylation sites is 1. The summed E-state index contributed by atoms with van der Waals surface area (Å²) in [6.07, 6.45) is 2.05. The first-order valence-corrected chi connectivity index (χ1v) is 9.48. The molecule has 0 saturated heterocycles. The van der Waals surface area contributed by atoms with Crippen LogP contribution in [0, 0.1) is 0 Å². The summed E-state index contributed by atoms with van der Waals surface area (Å²) in [5, 5.41) is 7.15. The Hall–Kier alpha value is -3.53. The largest absolute Gasteiger partial charge is 0.361 e. The molecule has 140 valence electrons. The molecule has 1 heterocycles. The minimum atomic E-state index is -0.162. The maximum Gasteiger partial charge on any atom is 0.315 e. The molecule has 1 aromatic heterocycles. The van der Waals surface area contributed by atoms with Gasteiger partial charge in [0.05, 0.1) is 0 Å². The lowest BCUT2D eigenvalue weighted by Crippen LogP contribution is -2.37. The Balaban J connectivity index is 1.49. The predicted molar refractivity (Wildman–Crippen MR) is 113 cm³/mol. The van der Waals surface area contributed by atoms with Gasteiger partial charge in [0.2, 0.25) is 0 Å². The highest BCUT2D eigenvalue weighted by Gasteiger charge is 2.18. The Bertz CT molecular complexity index is 1040. The topological polar surface area (TPSA) is 56.9 Å². The van der Waals surface area contributed by atoms with E-state index in [9.17, 15) is 4.79 Å². The number of aromatic amines is 1. The van der Waals surface area contributed by atoms with E-state index in [1.807, 2.05) is 66.9 Å². The van der Waals surface area contributed by atoms with Gasteiger partial charge in [-0.2, -0.15) is 0 Å². The second-order valence-corrected chi connectivity index (χ2v) is 6.80. The van der Waals surface area contributed by atoms with Gasteiger partial charge < -0.3 is 15.6 Å². The average molecular weight is 369 g/mol. The van der Waals surface area contributed by atoms with Gasteiger partial charge in [-0.05, 0) is 22.8 Å². The van der Waals surface area contributed by atoms with Gasteiger partial charge in [0.15, 0.2) is 0 Å². The summed E-state index contributed by atoms with van der Waals surface area (Å²) in [5.74, 6) is 0.0693. The molecule has 0 spiro atoms. The highest BCUT2D eigenvalue weighted by Crippen LogP contribution is 2.30. The summed E-state index contributed by atoms with van der Waals surface area (Å²) in [7, 11) is 0. The quantitative estimate of drug-likeness (QED) is 0.449. The van der Waals surface area contributed by atoms with Crippen LogP contribution in [0.25, 0.3) is 10.9 Å². The maximum absolute atomic E-state index is 12.4. The third kappa shape index (κ3) is 4.07. The minimum absolute atomic E-state index is 0.0693. The molecule has 1 unspecified atom stereocenters. The lowest BCUT2D eigenvalue weighted by Gasteiger charge is -2.18. The molecule has 0 fully saturated rings. The van der Waals surface area contributed by atoms with Crippen molar-refractivity contribution in [2.45, 2.75) is 12.5 Å². The Morgan fingerprint density at radius 1 is 0.821 bits per heavy atom. The van der Waals surface area contributed by atoms with Crippen molar-refractivity contribution in [3.8, 4) is 0 Å². The molecular weight excluding hydrogens is 346 g/mol. The van der Waals surface area contributed by atoms with Crippen LogP contribution in [-0.2, 0) is 6.54 Å². The summed E-state index contributed by atoms with van der Waals surface area (Å²) in [6.45, 7) is 1.03. The number of benzene rings is 3. The lowest BCUT2D eigenvalue weighted by atomic mass is 9.91. The number of carbonyl (C=O) groups excluding carboxylic acids is 1. The smallest absolute Gasteiger partial charge is 0.315 e. The van der Waals surface area contributed by atoms with E-state index in [1.165, 1.54) is 16.5 Å². The van der Waals surface area contributed by atoms with Crippen molar-refractivity contribution < 1.29 is 4.79 Å². The number of amides is 2. The second-order valence-electron chi connectivity index (χ2n) is 6.80. The van der Waals surface area contributed by atoms with Crippen molar-refractivity contribution in [3.05, 3.63) is 108 Å². The number of H-pyrrole nitrogens is 1. The molecule has 4 heteroatoms. The number of carbonyl (C=O) groups is 1. The van der Waals surface area contributed by atoms with Crippen LogP contribution in [0.1, 0.15) is 22.6 Å². The fourth-order valence-electron chi connectivity index (χ4n) is 3.51. The van der Waals surface area contributed by atoms with Crippen molar-refractivity contribution in [1.82, 2.24) is 15.6 Å². The molecular formula is C24H23N3O. The number of urea groups is 1. The van der Waals surface area contributed by atoms with Gasteiger partial charge in [-0.1, -0.05) is 78.9 Å². The molecule has 0 bridgehead atoms. The SMILES string of the molecule is O=C(NCc1ccccc1)NCC(c1ccccc1)c1c[nH]c2ccccc12. The van der Waals surface area contributed by atoms with Crippen molar-refractivity contribution in [1.29, 1.82) is 0 Å². The van der Waals surface area contributed by atoms with E-state index in [-0.39, 0.29) is 11.9 Å². The molecule has 4 aromatic rings. The lowest BCUT2D eigenvalue weighted by molar-refractivity contribution is 0.240. The van der Waals surface area contributed by atoms with Gasteiger partial charge in [-0.15, -0.1) is 0 Å². The summed E-state index contributed by atoms with van der Waals surface area (Å²) in [5.41, 5.74) is 4.54. The Morgan fingerprint density at radius 3 is 2.29 bits per heavy atom. The molecule has 1 atom stereocenters. The first-order valence-electron chi connectivity index (χ1n) is 9.48. The Labute approximate surface area is 164 Å². The highest BCUT2D eigenvalue weighted by molar-refractivity contribution is 5.84. The number of rotatable bonds is 6.